The predicted molar refractivity (Wildman–Crippen MR) is 78.2 cm³/mol. The third kappa shape index (κ3) is 4.25. The van der Waals surface area contributed by atoms with Crippen LogP contribution in [0.4, 0.5) is 5.13 Å². The lowest BCUT2D eigenvalue weighted by Gasteiger charge is -2.17. The second-order valence-electron chi connectivity index (χ2n) is 4.26. The van der Waals surface area contributed by atoms with Gasteiger partial charge in [0.2, 0.25) is 0 Å². The number of aliphatic carboxylic acids is 1. The predicted octanol–water partition coefficient (Wildman–Crippen LogP) is 1.09. The summed E-state index contributed by atoms with van der Waals surface area (Å²) in [6, 6.07) is 0. The summed E-state index contributed by atoms with van der Waals surface area (Å²) in [5, 5.41) is 10.9. The average molecular weight is 306 g/mol. The Bertz CT molecular complexity index is 648. The van der Waals surface area contributed by atoms with E-state index in [1.54, 1.807) is 17.9 Å². The zero-order chi connectivity index (χ0) is 15.2. The van der Waals surface area contributed by atoms with Crippen LogP contribution < -0.4 is 4.90 Å². The summed E-state index contributed by atoms with van der Waals surface area (Å²) in [7, 11) is 1.87. The highest BCUT2D eigenvalue weighted by Crippen LogP contribution is 2.18. The molecule has 2 aromatic heterocycles. The Hall–Kier alpha value is -2.48. The van der Waals surface area contributed by atoms with Crippen LogP contribution in [-0.2, 0) is 23.1 Å². The van der Waals surface area contributed by atoms with Crippen LogP contribution in [0.2, 0.25) is 0 Å². The molecule has 0 aliphatic heterocycles. The summed E-state index contributed by atoms with van der Waals surface area (Å²) >= 11 is 1.32. The molecule has 0 fully saturated rings. The number of thiazole rings is 1. The number of hydrogen-bond acceptors (Lipinski definition) is 5. The summed E-state index contributed by atoms with van der Waals surface area (Å²) in [5.41, 5.74) is 0.856. The van der Waals surface area contributed by atoms with E-state index in [4.69, 9.17) is 5.11 Å². The second kappa shape index (κ2) is 6.80. The molecule has 0 unspecified atom stereocenters. The van der Waals surface area contributed by atoms with Gasteiger partial charge in [-0.15, -0.1) is 11.3 Å². The first-order valence-electron chi connectivity index (χ1n) is 6.15. The maximum atomic E-state index is 12.1. The van der Waals surface area contributed by atoms with Crippen LogP contribution in [0.25, 0.3) is 0 Å². The zero-order valence-corrected chi connectivity index (χ0v) is 12.2. The van der Waals surface area contributed by atoms with Gasteiger partial charge in [0, 0.05) is 49.9 Å². The first-order chi connectivity index (χ1) is 10.1. The van der Waals surface area contributed by atoms with Gasteiger partial charge in [-0.3, -0.25) is 9.69 Å². The van der Waals surface area contributed by atoms with Crippen molar-refractivity contribution in [3.8, 4) is 0 Å². The van der Waals surface area contributed by atoms with Gasteiger partial charge in [-0.2, -0.15) is 0 Å². The number of carboxylic acids is 1. The Kier molecular flexibility index (Phi) is 4.83. The van der Waals surface area contributed by atoms with Gasteiger partial charge >= 0.3 is 5.97 Å². The van der Waals surface area contributed by atoms with E-state index in [1.165, 1.54) is 16.2 Å². The maximum Gasteiger partial charge on any atom is 0.328 e. The van der Waals surface area contributed by atoms with E-state index in [0.29, 0.717) is 18.1 Å². The van der Waals surface area contributed by atoms with E-state index in [1.807, 2.05) is 17.8 Å². The largest absolute Gasteiger partial charge is 0.478 e. The van der Waals surface area contributed by atoms with Gasteiger partial charge < -0.3 is 9.67 Å². The Morgan fingerprint density at radius 1 is 1.43 bits per heavy atom. The summed E-state index contributed by atoms with van der Waals surface area (Å²) in [6.07, 6.45) is 7.58. The topological polar surface area (TPSA) is 88.3 Å². The first-order valence-corrected chi connectivity index (χ1v) is 7.03. The van der Waals surface area contributed by atoms with Crippen LogP contribution in [0.1, 0.15) is 5.69 Å². The first kappa shape index (κ1) is 14.9. The number of carboxylic acid groups (broad SMARTS) is 1. The van der Waals surface area contributed by atoms with Gasteiger partial charge in [0.15, 0.2) is 5.13 Å². The number of hydrogen-bond donors (Lipinski definition) is 1. The number of amides is 1. The molecule has 0 atom stereocenters. The van der Waals surface area contributed by atoms with Crippen molar-refractivity contribution in [2.45, 2.75) is 6.42 Å². The fraction of sp³-hybridized carbons (Fsp3) is 0.231. The number of aromatic nitrogens is 3. The zero-order valence-electron chi connectivity index (χ0n) is 11.3. The molecule has 1 amide bonds. The van der Waals surface area contributed by atoms with Gasteiger partial charge in [0.25, 0.3) is 5.91 Å². The van der Waals surface area contributed by atoms with Gasteiger partial charge in [0.1, 0.15) is 0 Å². The fourth-order valence-corrected chi connectivity index (χ4v) is 2.38. The van der Waals surface area contributed by atoms with E-state index < -0.39 is 11.9 Å². The van der Waals surface area contributed by atoms with E-state index in [2.05, 4.69) is 9.97 Å². The summed E-state index contributed by atoms with van der Waals surface area (Å²) in [5.74, 6) is -1.57. The van der Waals surface area contributed by atoms with Crippen LogP contribution in [-0.4, -0.2) is 38.1 Å². The van der Waals surface area contributed by atoms with Crippen molar-refractivity contribution in [1.29, 1.82) is 0 Å². The molecule has 21 heavy (non-hydrogen) atoms. The van der Waals surface area contributed by atoms with Gasteiger partial charge in [-0.25, -0.2) is 14.8 Å². The number of carbonyl (C=O) groups excluding carboxylic acids is 1. The van der Waals surface area contributed by atoms with Crippen LogP contribution in [0.15, 0.2) is 36.3 Å². The van der Waals surface area contributed by atoms with E-state index >= 15 is 0 Å². The van der Waals surface area contributed by atoms with Crippen LogP contribution in [0.3, 0.4) is 0 Å². The van der Waals surface area contributed by atoms with Crippen molar-refractivity contribution in [2.75, 3.05) is 11.4 Å². The molecule has 7 nitrogen and oxygen atoms in total. The third-order valence-electron chi connectivity index (χ3n) is 2.63. The highest BCUT2D eigenvalue weighted by molar-refractivity contribution is 7.13. The number of carbonyl (C=O) groups is 2. The van der Waals surface area contributed by atoms with Gasteiger partial charge in [-0.05, 0) is 0 Å². The van der Waals surface area contributed by atoms with E-state index in [-0.39, 0.29) is 0 Å². The maximum absolute atomic E-state index is 12.1. The third-order valence-corrected chi connectivity index (χ3v) is 3.43. The molecule has 0 saturated heterocycles. The van der Waals surface area contributed by atoms with E-state index in [9.17, 15) is 9.59 Å². The highest BCUT2D eigenvalue weighted by atomic mass is 32.1. The number of anilines is 1. The summed E-state index contributed by atoms with van der Waals surface area (Å²) in [4.78, 5) is 32.3. The molecular weight excluding hydrogens is 292 g/mol. The highest BCUT2D eigenvalue weighted by Gasteiger charge is 2.16. The molecule has 0 bridgehead atoms. The molecule has 0 aromatic carbocycles. The standard InChI is InChI=1S/C13H14N4O3S/c1-16-8-10(15-9-16)4-6-17(13-14-5-7-21-13)11(18)2-3-12(19)20/h2-3,5,7-9H,4,6H2,1H3,(H,19,20). The van der Waals surface area contributed by atoms with Crippen LogP contribution >= 0.6 is 11.3 Å². The SMILES string of the molecule is Cn1cnc(CCN(C(=O)C=CC(=O)O)c2nccs2)c1. The second-order valence-corrected chi connectivity index (χ2v) is 5.13. The monoisotopic (exact) mass is 306 g/mol. The molecule has 1 N–H and O–H groups in total. The van der Waals surface area contributed by atoms with Crippen molar-refractivity contribution in [3.05, 3.63) is 41.9 Å². The number of imidazole rings is 1. The molecule has 0 spiro atoms. The molecule has 0 saturated carbocycles. The molecule has 2 aromatic rings. The van der Waals surface area contributed by atoms with Crippen LogP contribution in [0, 0.1) is 0 Å². The Balaban J connectivity index is 2.09. The quantitative estimate of drug-likeness (QED) is 0.807. The Morgan fingerprint density at radius 3 is 2.81 bits per heavy atom. The number of rotatable bonds is 6. The molecule has 110 valence electrons. The van der Waals surface area contributed by atoms with E-state index in [0.717, 1.165) is 17.8 Å². The Labute approximate surface area is 125 Å². The van der Waals surface area contributed by atoms with Gasteiger partial charge in [0.05, 0.1) is 12.0 Å². The minimum absolute atomic E-state index is 0.382. The van der Waals surface area contributed by atoms with Gasteiger partial charge in [-0.1, -0.05) is 0 Å². The van der Waals surface area contributed by atoms with Crippen molar-refractivity contribution in [3.63, 3.8) is 0 Å². The Morgan fingerprint density at radius 2 is 2.24 bits per heavy atom. The number of aryl methyl sites for hydroxylation is 1. The van der Waals surface area contributed by atoms with Crippen molar-refractivity contribution < 1.29 is 14.7 Å². The van der Waals surface area contributed by atoms with Crippen molar-refractivity contribution in [2.24, 2.45) is 7.05 Å². The molecule has 8 heteroatoms. The molecule has 0 radical (unpaired) electrons. The summed E-state index contributed by atoms with van der Waals surface area (Å²) in [6.45, 7) is 0.382. The molecule has 2 rings (SSSR count). The smallest absolute Gasteiger partial charge is 0.328 e. The van der Waals surface area contributed by atoms with Crippen LogP contribution in [0.5, 0.6) is 0 Å². The lowest BCUT2D eigenvalue weighted by atomic mass is 10.3. The average Bonchev–Trinajstić information content (AvgIpc) is 3.08. The fourth-order valence-electron chi connectivity index (χ4n) is 1.70. The minimum atomic E-state index is -1.16. The lowest BCUT2D eigenvalue weighted by Crippen LogP contribution is -2.31. The van der Waals surface area contributed by atoms with Crippen molar-refractivity contribution in [1.82, 2.24) is 14.5 Å². The molecule has 0 aliphatic carbocycles. The lowest BCUT2D eigenvalue weighted by molar-refractivity contribution is -0.131. The minimum Gasteiger partial charge on any atom is -0.478 e. The number of nitrogens with zero attached hydrogens (tertiary/aromatic N) is 4. The molecular formula is C13H14N4O3S. The molecule has 0 aliphatic rings. The van der Waals surface area contributed by atoms with Crippen molar-refractivity contribution >= 4 is 28.3 Å². The molecule has 2 heterocycles. The summed E-state index contributed by atoms with van der Waals surface area (Å²) < 4.78 is 1.83. The normalized spacial score (nSPS) is 10.9.